The molecule has 2 aromatic rings. The molecule has 1 atom stereocenters. The highest BCUT2D eigenvalue weighted by molar-refractivity contribution is 5.38. The topological polar surface area (TPSA) is 59.3 Å². The first-order valence-electron chi connectivity index (χ1n) is 6.79. The van der Waals surface area contributed by atoms with E-state index < -0.39 is 6.10 Å². The van der Waals surface area contributed by atoms with Crippen LogP contribution in [0, 0.1) is 0 Å². The van der Waals surface area contributed by atoms with Gasteiger partial charge in [-0.3, -0.25) is 4.68 Å². The van der Waals surface area contributed by atoms with Crippen LogP contribution in [0.1, 0.15) is 12.5 Å². The van der Waals surface area contributed by atoms with E-state index in [1.165, 1.54) is 5.56 Å². The van der Waals surface area contributed by atoms with E-state index in [0.717, 1.165) is 17.9 Å². The molecule has 20 heavy (non-hydrogen) atoms. The number of anilines is 1. The Balaban J connectivity index is 1.72. The van der Waals surface area contributed by atoms with Gasteiger partial charge in [0.15, 0.2) is 0 Å². The van der Waals surface area contributed by atoms with E-state index >= 15 is 0 Å². The summed E-state index contributed by atoms with van der Waals surface area (Å²) in [6.45, 7) is 2.81. The Morgan fingerprint density at radius 1 is 1.35 bits per heavy atom. The van der Waals surface area contributed by atoms with Crippen LogP contribution in [0.25, 0.3) is 0 Å². The van der Waals surface area contributed by atoms with Crippen LogP contribution in [-0.4, -0.2) is 34.1 Å². The van der Waals surface area contributed by atoms with Crippen molar-refractivity contribution in [1.82, 2.24) is 9.78 Å². The molecular weight excluding hydrogens is 254 g/mol. The number of benzene rings is 1. The Hall–Kier alpha value is -2.01. The van der Waals surface area contributed by atoms with Gasteiger partial charge in [0.05, 0.1) is 11.9 Å². The quantitative estimate of drug-likeness (QED) is 0.809. The number of aryl methyl sites for hydroxylation is 2. The summed E-state index contributed by atoms with van der Waals surface area (Å²) in [6.07, 6.45) is 4.02. The molecule has 108 valence electrons. The molecule has 0 spiro atoms. The van der Waals surface area contributed by atoms with Crippen molar-refractivity contribution >= 4 is 5.69 Å². The van der Waals surface area contributed by atoms with E-state index in [2.05, 4.69) is 17.3 Å². The lowest BCUT2D eigenvalue weighted by Gasteiger charge is -2.13. The fraction of sp³-hybridized carbons (Fsp3) is 0.400. The molecule has 2 rings (SSSR count). The van der Waals surface area contributed by atoms with E-state index in [4.69, 9.17) is 4.74 Å². The Labute approximate surface area is 119 Å². The average Bonchev–Trinajstić information content (AvgIpc) is 2.89. The zero-order chi connectivity index (χ0) is 14.4. The van der Waals surface area contributed by atoms with E-state index in [1.807, 2.05) is 37.5 Å². The molecule has 0 saturated heterocycles. The maximum atomic E-state index is 9.86. The number of aliphatic hydroxyl groups excluding tert-OH is 1. The molecule has 1 heterocycles. The molecule has 0 radical (unpaired) electrons. The number of nitrogens with zero attached hydrogens (tertiary/aromatic N) is 2. The Morgan fingerprint density at radius 2 is 2.10 bits per heavy atom. The Morgan fingerprint density at radius 3 is 2.70 bits per heavy atom. The average molecular weight is 275 g/mol. The molecule has 0 aliphatic rings. The van der Waals surface area contributed by atoms with E-state index in [0.29, 0.717) is 6.54 Å². The van der Waals surface area contributed by atoms with Crippen LogP contribution >= 0.6 is 0 Å². The van der Waals surface area contributed by atoms with Crippen molar-refractivity contribution in [3.8, 4) is 5.75 Å². The van der Waals surface area contributed by atoms with Gasteiger partial charge in [0.25, 0.3) is 0 Å². The maximum absolute atomic E-state index is 9.86. The lowest BCUT2D eigenvalue weighted by molar-refractivity contribution is 0.117. The lowest BCUT2D eigenvalue weighted by atomic mass is 10.2. The number of aliphatic hydroxyl groups is 1. The summed E-state index contributed by atoms with van der Waals surface area (Å²) in [5.74, 6) is 0.780. The van der Waals surface area contributed by atoms with Crippen molar-refractivity contribution in [2.45, 2.75) is 19.4 Å². The monoisotopic (exact) mass is 275 g/mol. The van der Waals surface area contributed by atoms with Crippen molar-refractivity contribution in [3.05, 3.63) is 42.2 Å². The normalized spacial score (nSPS) is 12.2. The van der Waals surface area contributed by atoms with Crippen molar-refractivity contribution in [2.75, 3.05) is 18.5 Å². The van der Waals surface area contributed by atoms with E-state index in [9.17, 15) is 5.11 Å². The predicted molar refractivity (Wildman–Crippen MR) is 79.0 cm³/mol. The van der Waals surface area contributed by atoms with Gasteiger partial charge < -0.3 is 15.2 Å². The highest BCUT2D eigenvalue weighted by Crippen LogP contribution is 2.13. The minimum atomic E-state index is -0.568. The molecule has 0 aliphatic heterocycles. The molecule has 0 fully saturated rings. The van der Waals surface area contributed by atoms with Gasteiger partial charge in [-0.1, -0.05) is 19.1 Å². The highest BCUT2D eigenvalue weighted by Gasteiger charge is 2.06. The minimum absolute atomic E-state index is 0.263. The van der Waals surface area contributed by atoms with Crippen LogP contribution in [0.3, 0.4) is 0 Å². The summed E-state index contributed by atoms with van der Waals surface area (Å²) < 4.78 is 7.26. The van der Waals surface area contributed by atoms with Gasteiger partial charge in [-0.25, -0.2) is 0 Å². The van der Waals surface area contributed by atoms with Crippen molar-refractivity contribution in [3.63, 3.8) is 0 Å². The summed E-state index contributed by atoms with van der Waals surface area (Å²) in [6, 6.07) is 7.94. The van der Waals surface area contributed by atoms with E-state index in [1.54, 1.807) is 10.9 Å². The van der Waals surface area contributed by atoms with Gasteiger partial charge in [-0.15, -0.1) is 0 Å². The minimum Gasteiger partial charge on any atom is -0.491 e. The smallest absolute Gasteiger partial charge is 0.119 e. The van der Waals surface area contributed by atoms with Crippen LogP contribution in [0.2, 0.25) is 0 Å². The zero-order valence-electron chi connectivity index (χ0n) is 11.9. The summed E-state index contributed by atoms with van der Waals surface area (Å²) in [5, 5.41) is 17.0. The second-order valence-corrected chi connectivity index (χ2v) is 4.75. The second-order valence-electron chi connectivity index (χ2n) is 4.75. The first kappa shape index (κ1) is 14.4. The summed E-state index contributed by atoms with van der Waals surface area (Å²) in [5.41, 5.74) is 2.16. The fourth-order valence-corrected chi connectivity index (χ4v) is 1.82. The molecule has 1 unspecified atom stereocenters. The highest BCUT2D eigenvalue weighted by atomic mass is 16.5. The molecule has 1 aromatic heterocycles. The number of hydrogen-bond donors (Lipinski definition) is 2. The maximum Gasteiger partial charge on any atom is 0.119 e. The molecule has 0 saturated carbocycles. The predicted octanol–water partition coefficient (Wildman–Crippen LogP) is 1.83. The molecule has 5 heteroatoms. The molecule has 1 aromatic carbocycles. The SMILES string of the molecule is CCc1ccc(OCC(O)CNc2cnn(C)c2)cc1. The van der Waals surface area contributed by atoms with Crippen molar-refractivity contribution in [2.24, 2.45) is 7.05 Å². The molecule has 0 aliphatic carbocycles. The van der Waals surface area contributed by atoms with Crippen molar-refractivity contribution in [1.29, 1.82) is 0 Å². The number of aromatic nitrogens is 2. The second kappa shape index (κ2) is 6.96. The number of nitrogens with one attached hydrogen (secondary N) is 1. The molecule has 2 N–H and O–H groups in total. The lowest BCUT2D eigenvalue weighted by Crippen LogP contribution is -2.26. The standard InChI is InChI=1S/C15H21N3O2/c1-3-12-4-6-15(7-5-12)20-11-14(19)9-16-13-8-17-18(2)10-13/h4-8,10,14,16,19H,3,9,11H2,1-2H3. The Bertz CT molecular complexity index is 522. The summed E-state index contributed by atoms with van der Waals surface area (Å²) in [7, 11) is 1.85. The molecule has 0 amide bonds. The van der Waals surface area contributed by atoms with Gasteiger partial charge >= 0.3 is 0 Å². The summed E-state index contributed by atoms with van der Waals surface area (Å²) in [4.78, 5) is 0. The first-order chi connectivity index (χ1) is 9.67. The van der Waals surface area contributed by atoms with Crippen LogP contribution in [-0.2, 0) is 13.5 Å². The van der Waals surface area contributed by atoms with Crippen LogP contribution in [0.5, 0.6) is 5.75 Å². The summed E-state index contributed by atoms with van der Waals surface area (Å²) >= 11 is 0. The van der Waals surface area contributed by atoms with Gasteiger partial charge in [0.1, 0.15) is 18.5 Å². The molecule has 0 bridgehead atoms. The fourth-order valence-electron chi connectivity index (χ4n) is 1.82. The molecule has 5 nitrogen and oxygen atoms in total. The third-order valence-electron chi connectivity index (χ3n) is 3.02. The molecular formula is C15H21N3O2. The van der Waals surface area contributed by atoms with Crippen LogP contribution < -0.4 is 10.1 Å². The third kappa shape index (κ3) is 4.28. The van der Waals surface area contributed by atoms with Gasteiger partial charge in [-0.05, 0) is 24.1 Å². The first-order valence-corrected chi connectivity index (χ1v) is 6.79. The number of rotatable bonds is 7. The van der Waals surface area contributed by atoms with Crippen molar-refractivity contribution < 1.29 is 9.84 Å². The number of hydrogen-bond acceptors (Lipinski definition) is 4. The van der Waals surface area contributed by atoms with Gasteiger partial charge in [-0.2, -0.15) is 5.10 Å². The largest absolute Gasteiger partial charge is 0.491 e. The van der Waals surface area contributed by atoms with Crippen LogP contribution in [0.4, 0.5) is 5.69 Å². The Kier molecular flexibility index (Phi) is 5.01. The van der Waals surface area contributed by atoms with E-state index in [-0.39, 0.29) is 6.61 Å². The van der Waals surface area contributed by atoms with Crippen LogP contribution in [0.15, 0.2) is 36.7 Å². The zero-order valence-corrected chi connectivity index (χ0v) is 11.9. The van der Waals surface area contributed by atoms with Gasteiger partial charge in [0.2, 0.25) is 0 Å². The van der Waals surface area contributed by atoms with Gasteiger partial charge in [0, 0.05) is 19.8 Å². The third-order valence-corrected chi connectivity index (χ3v) is 3.02. The number of ether oxygens (including phenoxy) is 1.